The van der Waals surface area contributed by atoms with Crippen LogP contribution in [-0.2, 0) is 4.79 Å². The van der Waals surface area contributed by atoms with Gasteiger partial charge in [-0.25, -0.2) is 0 Å². The molecule has 0 heterocycles. The molecule has 0 aliphatic heterocycles. The average Bonchev–Trinajstić information content (AvgIpc) is 2.37. The first-order chi connectivity index (χ1) is 9.88. The molecule has 1 amide bonds. The van der Waals surface area contributed by atoms with Crippen LogP contribution in [0.5, 0.6) is 0 Å². The molecular weight excluding hydrogens is 262 g/mol. The minimum atomic E-state index is -0.126. The highest BCUT2D eigenvalue weighted by molar-refractivity contribution is 6.11. The van der Waals surface area contributed by atoms with Crippen molar-refractivity contribution in [3.8, 4) is 0 Å². The Morgan fingerprint density at radius 3 is 1.90 bits per heavy atom. The summed E-state index contributed by atoms with van der Waals surface area (Å²) in [5, 5.41) is 2.69. The summed E-state index contributed by atoms with van der Waals surface area (Å²) in [5.41, 5.74) is 5.21. The van der Waals surface area contributed by atoms with E-state index in [1.54, 1.807) is 24.3 Å². The number of hydrogen-bond donors (Lipinski definition) is 1. The van der Waals surface area contributed by atoms with Crippen LogP contribution in [0.4, 0.5) is 5.69 Å². The molecule has 2 aromatic rings. The van der Waals surface area contributed by atoms with E-state index in [1.165, 1.54) is 6.92 Å². The monoisotopic (exact) mass is 281 g/mol. The van der Waals surface area contributed by atoms with Crippen LogP contribution in [0.15, 0.2) is 36.4 Å². The second-order valence-electron chi connectivity index (χ2n) is 5.36. The first kappa shape index (κ1) is 15.0. The number of amides is 1. The Hall–Kier alpha value is -2.42. The fraction of sp³-hybridized carbons (Fsp3) is 0.222. The first-order valence-electron chi connectivity index (χ1n) is 6.88. The zero-order valence-electron chi connectivity index (χ0n) is 12.8. The van der Waals surface area contributed by atoms with Crippen molar-refractivity contribution >= 4 is 17.4 Å². The number of carbonyl (C=O) groups excluding carboxylic acids is 2. The van der Waals surface area contributed by atoms with Crippen molar-refractivity contribution in [2.24, 2.45) is 0 Å². The summed E-state index contributed by atoms with van der Waals surface area (Å²) in [4.78, 5) is 23.6. The molecule has 21 heavy (non-hydrogen) atoms. The first-order valence-corrected chi connectivity index (χ1v) is 6.88. The summed E-state index contributed by atoms with van der Waals surface area (Å²) in [6.07, 6.45) is 0. The lowest BCUT2D eigenvalue weighted by Crippen LogP contribution is -2.08. The molecule has 0 aromatic heterocycles. The van der Waals surface area contributed by atoms with Crippen molar-refractivity contribution in [1.29, 1.82) is 0 Å². The maximum atomic E-state index is 12.6. The Bertz CT molecular complexity index is 677. The molecule has 0 bridgehead atoms. The Labute approximate surface area is 125 Å². The lowest BCUT2D eigenvalue weighted by atomic mass is 9.93. The summed E-state index contributed by atoms with van der Waals surface area (Å²) in [5.74, 6) is -0.112. The third-order valence-corrected chi connectivity index (χ3v) is 3.37. The quantitative estimate of drug-likeness (QED) is 0.870. The van der Waals surface area contributed by atoms with Crippen LogP contribution in [0, 0.1) is 20.8 Å². The zero-order valence-corrected chi connectivity index (χ0v) is 12.8. The Morgan fingerprint density at radius 2 is 1.43 bits per heavy atom. The van der Waals surface area contributed by atoms with Crippen molar-refractivity contribution in [2.75, 3.05) is 5.32 Å². The summed E-state index contributed by atoms with van der Waals surface area (Å²) >= 11 is 0. The lowest BCUT2D eigenvalue weighted by Gasteiger charge is -2.11. The van der Waals surface area contributed by atoms with Crippen LogP contribution in [0.1, 0.15) is 39.5 Å². The van der Waals surface area contributed by atoms with Crippen LogP contribution < -0.4 is 5.32 Å². The number of carbonyl (C=O) groups is 2. The third-order valence-electron chi connectivity index (χ3n) is 3.37. The van der Waals surface area contributed by atoms with Gasteiger partial charge in [0.15, 0.2) is 5.78 Å². The van der Waals surface area contributed by atoms with Gasteiger partial charge in [-0.05, 0) is 56.2 Å². The number of ketones is 1. The normalized spacial score (nSPS) is 10.3. The van der Waals surface area contributed by atoms with E-state index in [4.69, 9.17) is 0 Å². The minimum Gasteiger partial charge on any atom is -0.326 e. The molecule has 3 nitrogen and oxygen atoms in total. The van der Waals surface area contributed by atoms with Gasteiger partial charge >= 0.3 is 0 Å². The fourth-order valence-electron chi connectivity index (χ4n) is 2.59. The predicted octanol–water partition coefficient (Wildman–Crippen LogP) is 3.80. The molecular formula is C18H19NO2. The summed E-state index contributed by atoms with van der Waals surface area (Å²) in [7, 11) is 0. The van der Waals surface area contributed by atoms with E-state index in [0.717, 1.165) is 22.3 Å². The molecule has 0 saturated heterocycles. The van der Waals surface area contributed by atoms with E-state index in [1.807, 2.05) is 32.9 Å². The van der Waals surface area contributed by atoms with E-state index in [9.17, 15) is 9.59 Å². The molecule has 0 fully saturated rings. The van der Waals surface area contributed by atoms with Gasteiger partial charge in [-0.15, -0.1) is 0 Å². The lowest BCUT2D eigenvalue weighted by molar-refractivity contribution is -0.114. The Balaban J connectivity index is 2.34. The predicted molar refractivity (Wildman–Crippen MR) is 84.8 cm³/mol. The molecule has 0 saturated carbocycles. The van der Waals surface area contributed by atoms with E-state index in [-0.39, 0.29) is 11.7 Å². The number of rotatable bonds is 3. The summed E-state index contributed by atoms with van der Waals surface area (Å²) in [6, 6.07) is 11.0. The van der Waals surface area contributed by atoms with Crippen LogP contribution in [-0.4, -0.2) is 11.7 Å². The number of nitrogens with one attached hydrogen (secondary N) is 1. The van der Waals surface area contributed by atoms with Crippen molar-refractivity contribution < 1.29 is 9.59 Å². The maximum Gasteiger partial charge on any atom is 0.221 e. The van der Waals surface area contributed by atoms with E-state index >= 15 is 0 Å². The molecule has 0 spiro atoms. The third kappa shape index (κ3) is 3.37. The Morgan fingerprint density at radius 1 is 0.905 bits per heavy atom. The molecule has 0 aliphatic rings. The van der Waals surface area contributed by atoms with Crippen molar-refractivity contribution in [3.63, 3.8) is 0 Å². The number of anilines is 1. The summed E-state index contributed by atoms with van der Waals surface area (Å²) in [6.45, 7) is 7.40. The van der Waals surface area contributed by atoms with Crippen molar-refractivity contribution in [2.45, 2.75) is 27.7 Å². The molecule has 1 N–H and O–H groups in total. The van der Waals surface area contributed by atoms with Gasteiger partial charge in [-0.3, -0.25) is 9.59 Å². The van der Waals surface area contributed by atoms with Crippen molar-refractivity contribution in [3.05, 3.63) is 64.2 Å². The van der Waals surface area contributed by atoms with Gasteiger partial charge in [0, 0.05) is 23.7 Å². The van der Waals surface area contributed by atoms with Gasteiger partial charge in [-0.1, -0.05) is 17.7 Å². The van der Waals surface area contributed by atoms with Gasteiger partial charge < -0.3 is 5.32 Å². The van der Waals surface area contributed by atoms with Crippen LogP contribution >= 0.6 is 0 Å². The number of hydrogen-bond acceptors (Lipinski definition) is 2. The van der Waals surface area contributed by atoms with Gasteiger partial charge in [0.05, 0.1) is 0 Å². The van der Waals surface area contributed by atoms with Gasteiger partial charge in [-0.2, -0.15) is 0 Å². The molecule has 108 valence electrons. The highest BCUT2D eigenvalue weighted by atomic mass is 16.1. The van der Waals surface area contributed by atoms with E-state index < -0.39 is 0 Å². The van der Waals surface area contributed by atoms with E-state index in [2.05, 4.69) is 5.32 Å². The Kier molecular flexibility index (Phi) is 4.22. The second kappa shape index (κ2) is 5.92. The molecule has 0 atom stereocenters. The molecule has 3 heteroatoms. The highest BCUT2D eigenvalue weighted by Gasteiger charge is 2.14. The summed E-state index contributed by atoms with van der Waals surface area (Å²) < 4.78 is 0. The van der Waals surface area contributed by atoms with Gasteiger partial charge in [0.25, 0.3) is 0 Å². The number of aryl methyl sites for hydroxylation is 3. The SMILES string of the molecule is CC(=O)Nc1ccc(C(=O)c2c(C)cc(C)cc2C)cc1. The molecule has 2 rings (SSSR count). The van der Waals surface area contributed by atoms with Crippen LogP contribution in [0.3, 0.4) is 0 Å². The number of benzene rings is 2. The minimum absolute atomic E-state index is 0.0133. The van der Waals surface area contributed by atoms with Gasteiger partial charge in [0.1, 0.15) is 0 Å². The largest absolute Gasteiger partial charge is 0.326 e. The standard InChI is InChI=1S/C18H19NO2/c1-11-9-12(2)17(13(3)10-11)18(21)15-5-7-16(8-6-15)19-14(4)20/h5-10H,1-4H3,(H,19,20). The molecule has 0 unspecified atom stereocenters. The fourth-order valence-corrected chi connectivity index (χ4v) is 2.59. The second-order valence-corrected chi connectivity index (χ2v) is 5.36. The van der Waals surface area contributed by atoms with Crippen LogP contribution in [0.25, 0.3) is 0 Å². The van der Waals surface area contributed by atoms with Crippen LogP contribution in [0.2, 0.25) is 0 Å². The van der Waals surface area contributed by atoms with Crippen molar-refractivity contribution in [1.82, 2.24) is 0 Å². The zero-order chi connectivity index (χ0) is 15.6. The average molecular weight is 281 g/mol. The topological polar surface area (TPSA) is 46.2 Å². The molecule has 2 aromatic carbocycles. The molecule has 0 radical (unpaired) electrons. The maximum absolute atomic E-state index is 12.6. The van der Waals surface area contributed by atoms with Gasteiger partial charge in [0.2, 0.25) is 5.91 Å². The smallest absolute Gasteiger partial charge is 0.221 e. The molecule has 0 aliphatic carbocycles. The van der Waals surface area contributed by atoms with E-state index in [0.29, 0.717) is 11.3 Å². The highest BCUT2D eigenvalue weighted by Crippen LogP contribution is 2.21.